The average Bonchev–Trinajstić information content (AvgIpc) is 3.61. The second-order valence-electron chi connectivity index (χ2n) is 10.6. The maximum absolute atomic E-state index is 12.8. The molecule has 3 heterocycles. The highest BCUT2D eigenvalue weighted by atomic mass is 16.1. The monoisotopic (exact) mass is 474 g/mol. The van der Waals surface area contributed by atoms with Crippen molar-refractivity contribution in [2.45, 2.75) is 82.3 Å². The molecule has 8 heteroatoms. The number of nitrogens with zero attached hydrogens (tertiary/aromatic N) is 4. The fourth-order valence-electron chi connectivity index (χ4n) is 5.91. The van der Waals surface area contributed by atoms with Crippen LogP contribution in [0, 0.1) is 0 Å². The van der Waals surface area contributed by atoms with E-state index in [1.54, 1.807) is 6.20 Å². The third kappa shape index (κ3) is 4.29. The van der Waals surface area contributed by atoms with Crippen LogP contribution in [-0.2, 0) is 0 Å². The summed E-state index contributed by atoms with van der Waals surface area (Å²) in [6, 6.07) is 8.76. The molecule has 2 atom stereocenters. The minimum Gasteiger partial charge on any atom is -0.349 e. The molecule has 3 aromatic rings. The summed E-state index contributed by atoms with van der Waals surface area (Å²) < 4.78 is 1.97. The molecule has 1 amide bonds. The third-order valence-electron chi connectivity index (χ3n) is 8.38. The molecule has 0 bridgehead atoms. The first-order valence-corrected chi connectivity index (χ1v) is 13.2. The van der Waals surface area contributed by atoms with Crippen LogP contribution in [0.1, 0.15) is 98.0 Å². The summed E-state index contributed by atoms with van der Waals surface area (Å²) in [5.41, 5.74) is 2.56. The lowest BCUT2D eigenvalue weighted by Gasteiger charge is -2.26. The Morgan fingerprint density at radius 1 is 1.14 bits per heavy atom. The van der Waals surface area contributed by atoms with Gasteiger partial charge in [0.15, 0.2) is 5.65 Å². The maximum Gasteiger partial charge on any atom is 0.262 e. The summed E-state index contributed by atoms with van der Waals surface area (Å²) in [5, 5.41) is 8.24. The highest BCUT2D eigenvalue weighted by molar-refractivity contribution is 5.94. The number of aromatic amines is 1. The Bertz CT molecular complexity index is 1290. The van der Waals surface area contributed by atoms with Crippen molar-refractivity contribution in [3.8, 4) is 0 Å². The maximum atomic E-state index is 12.8. The lowest BCUT2D eigenvalue weighted by atomic mass is 9.92. The zero-order valence-corrected chi connectivity index (χ0v) is 20.4. The van der Waals surface area contributed by atoms with E-state index < -0.39 is 0 Å². The molecule has 184 valence electrons. The fourth-order valence-corrected chi connectivity index (χ4v) is 5.91. The van der Waals surface area contributed by atoms with Gasteiger partial charge in [-0.25, -0.2) is 9.67 Å². The summed E-state index contributed by atoms with van der Waals surface area (Å²) in [4.78, 5) is 35.8. The highest BCUT2D eigenvalue weighted by Crippen LogP contribution is 2.34. The van der Waals surface area contributed by atoms with Crippen molar-refractivity contribution in [1.82, 2.24) is 30.0 Å². The highest BCUT2D eigenvalue weighted by Gasteiger charge is 2.30. The number of amides is 1. The Labute approximate surface area is 205 Å². The molecule has 1 unspecified atom stereocenters. The predicted octanol–water partition coefficient (Wildman–Crippen LogP) is 4.07. The molecule has 8 nitrogen and oxygen atoms in total. The molecule has 2 N–H and O–H groups in total. The predicted molar refractivity (Wildman–Crippen MR) is 135 cm³/mol. The minimum atomic E-state index is -0.109. The van der Waals surface area contributed by atoms with Crippen LogP contribution in [0.5, 0.6) is 0 Å². The fraction of sp³-hybridized carbons (Fsp3) is 0.556. The van der Waals surface area contributed by atoms with Crippen molar-refractivity contribution in [3.05, 3.63) is 57.8 Å². The van der Waals surface area contributed by atoms with Crippen LogP contribution < -0.4 is 10.9 Å². The first kappa shape index (κ1) is 22.5. The van der Waals surface area contributed by atoms with E-state index in [0.29, 0.717) is 34.9 Å². The Hall–Kier alpha value is -3.00. The first-order valence-electron chi connectivity index (χ1n) is 13.2. The summed E-state index contributed by atoms with van der Waals surface area (Å²) in [6.07, 6.45) is 10.7. The lowest BCUT2D eigenvalue weighted by molar-refractivity contribution is 0.0917. The third-order valence-corrected chi connectivity index (χ3v) is 8.38. The van der Waals surface area contributed by atoms with E-state index in [2.05, 4.69) is 39.4 Å². The van der Waals surface area contributed by atoms with Gasteiger partial charge in [-0.15, -0.1) is 0 Å². The largest absolute Gasteiger partial charge is 0.349 e. The van der Waals surface area contributed by atoms with Gasteiger partial charge >= 0.3 is 0 Å². The topological polar surface area (TPSA) is 95.9 Å². The average molecular weight is 475 g/mol. The molecule has 6 rings (SSSR count). The molecular weight excluding hydrogens is 440 g/mol. The van der Waals surface area contributed by atoms with Gasteiger partial charge in [-0.2, -0.15) is 5.10 Å². The second kappa shape index (κ2) is 9.22. The smallest absolute Gasteiger partial charge is 0.262 e. The number of hydrogen-bond acceptors (Lipinski definition) is 5. The van der Waals surface area contributed by atoms with Crippen LogP contribution in [0.15, 0.2) is 35.3 Å². The zero-order chi connectivity index (χ0) is 23.9. The number of hydrogen-bond donors (Lipinski definition) is 2. The molecule has 2 aliphatic carbocycles. The summed E-state index contributed by atoms with van der Waals surface area (Å²) in [7, 11) is 0. The summed E-state index contributed by atoms with van der Waals surface area (Å²) in [6.45, 7) is 3.91. The standard InChI is InChI=1S/C27H34N6O2/c1-17(24-30-25-23(27(35)31-24)15-28-33(25)22-10-2-3-11-22)32-13-12-20(16-32)18-6-4-7-19(14-18)26(34)29-21-8-5-9-21/h4,6-7,14-15,17,20-22H,2-3,5,8-13,16H2,1H3,(H,29,34)(H,30,31,35)/t17-,20?/m1/s1. The van der Waals surface area contributed by atoms with Gasteiger partial charge in [0.25, 0.3) is 11.5 Å². The molecule has 35 heavy (non-hydrogen) atoms. The lowest BCUT2D eigenvalue weighted by Crippen LogP contribution is -2.39. The Kier molecular flexibility index (Phi) is 5.92. The van der Waals surface area contributed by atoms with E-state index in [1.807, 2.05) is 16.8 Å². The van der Waals surface area contributed by atoms with Crippen molar-refractivity contribution in [1.29, 1.82) is 0 Å². The number of H-pyrrole nitrogens is 1. The number of carbonyl (C=O) groups excluding carboxylic acids is 1. The second-order valence-corrected chi connectivity index (χ2v) is 10.6. The number of benzene rings is 1. The molecule has 1 saturated heterocycles. The van der Waals surface area contributed by atoms with E-state index in [0.717, 1.165) is 50.8 Å². The number of carbonyl (C=O) groups is 1. The summed E-state index contributed by atoms with van der Waals surface area (Å²) in [5.74, 6) is 1.10. The molecule has 0 radical (unpaired) electrons. The quantitative estimate of drug-likeness (QED) is 0.562. The van der Waals surface area contributed by atoms with Crippen LogP contribution in [-0.4, -0.2) is 49.7 Å². The van der Waals surface area contributed by atoms with Crippen LogP contribution in [0.2, 0.25) is 0 Å². The first-order chi connectivity index (χ1) is 17.1. The van der Waals surface area contributed by atoms with Crippen molar-refractivity contribution in [2.24, 2.45) is 0 Å². The number of likely N-dealkylation sites (tertiary alicyclic amines) is 1. The van der Waals surface area contributed by atoms with Crippen molar-refractivity contribution in [3.63, 3.8) is 0 Å². The molecule has 3 aliphatic rings. The number of rotatable bonds is 6. The van der Waals surface area contributed by atoms with Gasteiger partial charge in [0.2, 0.25) is 0 Å². The molecule has 3 fully saturated rings. The molecule has 2 aromatic heterocycles. The Morgan fingerprint density at radius 3 is 2.74 bits per heavy atom. The molecule has 1 aromatic carbocycles. The SMILES string of the molecule is C[C@H](c1nc2c(cnn2C2CCCC2)c(=O)[nH]1)N1CCC(c2cccc(C(=O)NC3CCC3)c2)C1. The molecule has 1 aliphatic heterocycles. The van der Waals surface area contributed by atoms with Gasteiger partial charge in [-0.3, -0.25) is 14.5 Å². The van der Waals surface area contributed by atoms with Crippen LogP contribution in [0.4, 0.5) is 0 Å². The van der Waals surface area contributed by atoms with Crippen molar-refractivity contribution >= 4 is 16.9 Å². The van der Waals surface area contributed by atoms with Gasteiger partial charge in [0.05, 0.1) is 18.3 Å². The van der Waals surface area contributed by atoms with Crippen LogP contribution in [0.25, 0.3) is 11.0 Å². The van der Waals surface area contributed by atoms with Gasteiger partial charge in [-0.1, -0.05) is 25.0 Å². The zero-order valence-electron chi connectivity index (χ0n) is 20.4. The van der Waals surface area contributed by atoms with Crippen molar-refractivity contribution < 1.29 is 4.79 Å². The van der Waals surface area contributed by atoms with Gasteiger partial charge in [-0.05, 0) is 75.6 Å². The number of nitrogens with one attached hydrogen (secondary N) is 2. The normalized spacial score (nSPS) is 22.5. The van der Waals surface area contributed by atoms with Crippen LogP contribution >= 0.6 is 0 Å². The van der Waals surface area contributed by atoms with Crippen molar-refractivity contribution in [2.75, 3.05) is 13.1 Å². The number of fused-ring (bicyclic) bond motifs is 1. The Morgan fingerprint density at radius 2 is 1.97 bits per heavy atom. The molecule has 0 spiro atoms. The van der Waals surface area contributed by atoms with E-state index in [1.165, 1.54) is 24.8 Å². The van der Waals surface area contributed by atoms with Crippen LogP contribution in [0.3, 0.4) is 0 Å². The minimum absolute atomic E-state index is 0.00544. The van der Waals surface area contributed by atoms with Gasteiger partial charge in [0, 0.05) is 18.2 Å². The Balaban J connectivity index is 1.19. The molecular formula is C27H34N6O2. The van der Waals surface area contributed by atoms with Gasteiger partial charge in [0.1, 0.15) is 11.2 Å². The van der Waals surface area contributed by atoms with E-state index in [-0.39, 0.29) is 17.5 Å². The number of aromatic nitrogens is 4. The van der Waals surface area contributed by atoms with E-state index >= 15 is 0 Å². The molecule has 2 saturated carbocycles. The summed E-state index contributed by atoms with van der Waals surface area (Å²) >= 11 is 0. The van der Waals surface area contributed by atoms with Gasteiger partial charge < -0.3 is 10.3 Å². The van der Waals surface area contributed by atoms with E-state index in [4.69, 9.17) is 4.98 Å². The van der Waals surface area contributed by atoms with E-state index in [9.17, 15) is 9.59 Å².